The number of carbonyl (C=O) groups is 1. The molecule has 0 fully saturated rings. The van der Waals surface area contributed by atoms with Gasteiger partial charge in [0, 0.05) is 23.1 Å². The molecule has 0 spiro atoms. The van der Waals surface area contributed by atoms with Crippen LogP contribution in [-0.2, 0) is 6.42 Å². The van der Waals surface area contributed by atoms with Crippen molar-refractivity contribution < 1.29 is 9.18 Å². The molecule has 0 radical (unpaired) electrons. The third kappa shape index (κ3) is 4.14. The fourth-order valence-corrected chi connectivity index (χ4v) is 3.78. The highest BCUT2D eigenvalue weighted by molar-refractivity contribution is 7.15. The summed E-state index contributed by atoms with van der Waals surface area (Å²) in [4.78, 5) is 26.8. The van der Waals surface area contributed by atoms with E-state index in [1.54, 1.807) is 37.4 Å². The molecule has 5 nitrogen and oxygen atoms in total. The Balaban J connectivity index is 1.49. The van der Waals surface area contributed by atoms with Gasteiger partial charge in [-0.2, -0.15) is 0 Å². The number of aryl methyl sites for hydroxylation is 3. The molecule has 0 bridgehead atoms. The van der Waals surface area contributed by atoms with E-state index >= 15 is 0 Å². The predicted octanol–water partition coefficient (Wildman–Crippen LogP) is 4.99. The molecule has 0 aliphatic carbocycles. The van der Waals surface area contributed by atoms with Gasteiger partial charge in [-0.3, -0.25) is 10.1 Å². The van der Waals surface area contributed by atoms with Gasteiger partial charge in [0.05, 0.1) is 22.4 Å². The molecule has 0 saturated carbocycles. The third-order valence-corrected chi connectivity index (χ3v) is 5.64. The van der Waals surface area contributed by atoms with Crippen LogP contribution in [0.3, 0.4) is 0 Å². The van der Waals surface area contributed by atoms with Crippen LogP contribution >= 0.6 is 11.3 Å². The van der Waals surface area contributed by atoms with E-state index in [2.05, 4.69) is 20.3 Å². The maximum Gasteiger partial charge on any atom is 0.257 e. The van der Waals surface area contributed by atoms with E-state index in [1.807, 2.05) is 19.9 Å². The smallest absolute Gasteiger partial charge is 0.257 e. The molecule has 29 heavy (non-hydrogen) atoms. The number of nitrogens with zero attached hydrogens (tertiary/aromatic N) is 3. The van der Waals surface area contributed by atoms with E-state index in [1.165, 1.54) is 17.4 Å². The monoisotopic (exact) mass is 406 g/mol. The summed E-state index contributed by atoms with van der Waals surface area (Å²) in [5.41, 5.74) is 5.14. The van der Waals surface area contributed by atoms with Crippen LogP contribution in [0.1, 0.15) is 37.7 Å². The number of hydrogen-bond donors (Lipinski definition) is 1. The number of aromatic nitrogens is 3. The van der Waals surface area contributed by atoms with Gasteiger partial charge in [0.1, 0.15) is 5.82 Å². The Bertz CT molecular complexity index is 1230. The summed E-state index contributed by atoms with van der Waals surface area (Å²) in [7, 11) is 0. The van der Waals surface area contributed by atoms with Gasteiger partial charge < -0.3 is 0 Å². The first-order chi connectivity index (χ1) is 13.9. The lowest BCUT2D eigenvalue weighted by atomic mass is 10.1. The van der Waals surface area contributed by atoms with E-state index < -0.39 is 0 Å². The third-order valence-electron chi connectivity index (χ3n) is 4.73. The topological polar surface area (TPSA) is 67.8 Å². The van der Waals surface area contributed by atoms with Crippen molar-refractivity contribution in [1.82, 2.24) is 15.0 Å². The molecule has 4 rings (SSSR count). The number of anilines is 1. The maximum atomic E-state index is 13.7. The Hall–Kier alpha value is -3.19. The summed E-state index contributed by atoms with van der Waals surface area (Å²) < 4.78 is 13.7. The number of rotatable bonds is 4. The molecule has 1 N–H and O–H groups in total. The Kier molecular flexibility index (Phi) is 5.07. The summed E-state index contributed by atoms with van der Waals surface area (Å²) in [6.07, 6.45) is 2.27. The molecule has 146 valence electrons. The van der Waals surface area contributed by atoms with Crippen molar-refractivity contribution in [3.05, 3.63) is 81.4 Å². The van der Waals surface area contributed by atoms with Gasteiger partial charge in [0.25, 0.3) is 5.91 Å². The van der Waals surface area contributed by atoms with E-state index in [4.69, 9.17) is 0 Å². The second-order valence-corrected chi connectivity index (χ2v) is 8.06. The predicted molar refractivity (Wildman–Crippen MR) is 113 cm³/mol. The zero-order chi connectivity index (χ0) is 20.5. The normalized spacial score (nSPS) is 11.0. The van der Waals surface area contributed by atoms with Crippen molar-refractivity contribution in [3.63, 3.8) is 0 Å². The quantitative estimate of drug-likeness (QED) is 0.518. The zero-order valence-electron chi connectivity index (χ0n) is 16.3. The molecule has 7 heteroatoms. The highest BCUT2D eigenvalue weighted by atomic mass is 32.1. The molecular formula is C22H19FN4OS. The van der Waals surface area contributed by atoms with Gasteiger partial charge in [-0.1, -0.05) is 12.1 Å². The fraction of sp³-hybridized carbons (Fsp3) is 0.182. The van der Waals surface area contributed by atoms with Gasteiger partial charge in [-0.05, 0) is 56.2 Å². The summed E-state index contributed by atoms with van der Waals surface area (Å²) in [5.74, 6) is -0.473. The Morgan fingerprint density at radius 1 is 1.03 bits per heavy atom. The Morgan fingerprint density at radius 2 is 1.79 bits per heavy atom. The van der Waals surface area contributed by atoms with Crippen LogP contribution in [0, 0.1) is 26.6 Å². The van der Waals surface area contributed by atoms with Crippen LogP contribution in [0.2, 0.25) is 0 Å². The van der Waals surface area contributed by atoms with Gasteiger partial charge >= 0.3 is 0 Å². The van der Waals surface area contributed by atoms with E-state index in [0.29, 0.717) is 28.2 Å². The molecule has 0 atom stereocenters. The van der Waals surface area contributed by atoms with Crippen molar-refractivity contribution in [2.75, 3.05) is 5.32 Å². The summed E-state index contributed by atoms with van der Waals surface area (Å²) in [6, 6.07) is 10.4. The van der Waals surface area contributed by atoms with Crippen molar-refractivity contribution in [1.29, 1.82) is 0 Å². The zero-order valence-corrected chi connectivity index (χ0v) is 17.1. The lowest BCUT2D eigenvalue weighted by Gasteiger charge is -2.05. The van der Waals surface area contributed by atoms with Gasteiger partial charge in [0.2, 0.25) is 0 Å². The minimum Gasteiger partial charge on any atom is -0.298 e. The Morgan fingerprint density at radius 3 is 2.55 bits per heavy atom. The lowest BCUT2D eigenvalue weighted by molar-refractivity contribution is 0.102. The van der Waals surface area contributed by atoms with Crippen LogP contribution in [0.25, 0.3) is 11.0 Å². The van der Waals surface area contributed by atoms with Crippen molar-refractivity contribution in [3.8, 4) is 0 Å². The number of carbonyl (C=O) groups excluding carboxylic acids is 1. The van der Waals surface area contributed by atoms with Gasteiger partial charge in [0.15, 0.2) is 5.13 Å². The number of amides is 1. The second kappa shape index (κ2) is 7.67. The van der Waals surface area contributed by atoms with E-state index in [0.717, 1.165) is 27.3 Å². The molecule has 0 aliphatic heterocycles. The molecule has 2 aromatic carbocycles. The standard InChI is InChI=1S/C22H19FN4OS/c1-12-4-5-15(9-18(12)23)8-17-11-24-22(29-17)27-21(28)16-6-7-19-20(10-16)26-14(3)13(2)25-19/h4-7,9-11H,8H2,1-3H3,(H,24,27,28). The van der Waals surface area contributed by atoms with E-state index in [-0.39, 0.29) is 11.7 Å². The minimum absolute atomic E-state index is 0.217. The Labute approximate surface area is 171 Å². The van der Waals surface area contributed by atoms with Crippen molar-refractivity contribution in [2.45, 2.75) is 27.2 Å². The summed E-state index contributed by atoms with van der Waals surface area (Å²) >= 11 is 1.38. The minimum atomic E-state index is -0.255. The number of thiazole rings is 1. The number of hydrogen-bond acceptors (Lipinski definition) is 5. The summed E-state index contributed by atoms with van der Waals surface area (Å²) in [5, 5.41) is 3.33. The molecule has 2 heterocycles. The van der Waals surface area contributed by atoms with E-state index in [9.17, 15) is 9.18 Å². The maximum absolute atomic E-state index is 13.7. The van der Waals surface area contributed by atoms with Crippen LogP contribution in [0.5, 0.6) is 0 Å². The number of nitrogens with one attached hydrogen (secondary N) is 1. The average molecular weight is 406 g/mol. The van der Waals surface area contributed by atoms with Crippen molar-refractivity contribution in [2.24, 2.45) is 0 Å². The molecule has 0 saturated heterocycles. The first kappa shape index (κ1) is 19.1. The second-order valence-electron chi connectivity index (χ2n) is 6.94. The lowest BCUT2D eigenvalue weighted by Crippen LogP contribution is -2.11. The fourth-order valence-electron chi connectivity index (χ4n) is 2.94. The highest BCUT2D eigenvalue weighted by Gasteiger charge is 2.12. The molecule has 2 aromatic heterocycles. The molecule has 0 aliphatic rings. The molecule has 1 amide bonds. The van der Waals surface area contributed by atoms with Crippen LogP contribution in [0.4, 0.5) is 9.52 Å². The van der Waals surface area contributed by atoms with Crippen LogP contribution in [-0.4, -0.2) is 20.9 Å². The SMILES string of the molecule is Cc1ccc(Cc2cnc(NC(=O)c3ccc4nc(C)c(C)nc4c3)s2)cc1F. The molecule has 0 unspecified atom stereocenters. The number of benzene rings is 2. The first-order valence-corrected chi connectivity index (χ1v) is 9.97. The first-order valence-electron chi connectivity index (χ1n) is 9.15. The molecular weight excluding hydrogens is 387 g/mol. The largest absolute Gasteiger partial charge is 0.298 e. The van der Waals surface area contributed by atoms with Gasteiger partial charge in [-0.25, -0.2) is 19.3 Å². The number of fused-ring (bicyclic) bond motifs is 1. The van der Waals surface area contributed by atoms with Crippen molar-refractivity contribution >= 4 is 33.4 Å². The highest BCUT2D eigenvalue weighted by Crippen LogP contribution is 2.23. The van der Waals surface area contributed by atoms with Gasteiger partial charge in [-0.15, -0.1) is 11.3 Å². The number of halogens is 1. The summed E-state index contributed by atoms with van der Waals surface area (Å²) in [6.45, 7) is 5.54. The van der Waals surface area contributed by atoms with Crippen LogP contribution < -0.4 is 5.32 Å². The molecule has 4 aromatic rings. The average Bonchev–Trinajstić information content (AvgIpc) is 3.12. The van der Waals surface area contributed by atoms with Crippen LogP contribution in [0.15, 0.2) is 42.6 Å².